The molecule has 0 atom stereocenters. The number of halogens is 1. The molecule has 0 saturated carbocycles. The molecule has 3 nitrogen and oxygen atoms in total. The molecule has 1 spiro atoms. The van der Waals surface area contributed by atoms with Crippen LogP contribution in [-0.2, 0) is 10.2 Å². The van der Waals surface area contributed by atoms with E-state index in [0.717, 1.165) is 42.2 Å². The highest BCUT2D eigenvalue weighted by molar-refractivity contribution is 6.31. The third kappa shape index (κ3) is 1.50. The Kier molecular flexibility index (Phi) is 2.65. The zero-order valence-electron chi connectivity index (χ0n) is 10.7. The van der Waals surface area contributed by atoms with Crippen LogP contribution in [0.5, 0.6) is 0 Å². The average Bonchev–Trinajstić information content (AvgIpc) is 2.56. The van der Waals surface area contributed by atoms with Crippen LogP contribution in [0.25, 0.3) is 0 Å². The van der Waals surface area contributed by atoms with E-state index in [1.54, 1.807) is 4.90 Å². The van der Waals surface area contributed by atoms with Crippen molar-refractivity contribution >= 4 is 23.2 Å². The highest BCUT2D eigenvalue weighted by atomic mass is 35.5. The summed E-state index contributed by atoms with van der Waals surface area (Å²) >= 11 is 6.11. The number of carbonyl (C=O) groups is 1. The zero-order valence-corrected chi connectivity index (χ0v) is 11.5. The Bertz CT molecular complexity index is 507. The molecule has 1 aromatic rings. The van der Waals surface area contributed by atoms with Crippen LogP contribution in [-0.4, -0.2) is 38.0 Å². The van der Waals surface area contributed by atoms with Crippen LogP contribution in [0.3, 0.4) is 0 Å². The van der Waals surface area contributed by atoms with Crippen molar-refractivity contribution in [2.75, 3.05) is 32.1 Å². The van der Waals surface area contributed by atoms with E-state index in [0.29, 0.717) is 0 Å². The molecule has 0 N–H and O–H groups in total. The van der Waals surface area contributed by atoms with Gasteiger partial charge in [0.1, 0.15) is 0 Å². The number of anilines is 1. The van der Waals surface area contributed by atoms with Crippen molar-refractivity contribution in [2.24, 2.45) is 0 Å². The van der Waals surface area contributed by atoms with Gasteiger partial charge in [0.15, 0.2) is 0 Å². The summed E-state index contributed by atoms with van der Waals surface area (Å²) in [5, 5.41) is 0.718. The van der Waals surface area contributed by atoms with Gasteiger partial charge in [-0.15, -0.1) is 0 Å². The fourth-order valence-electron chi connectivity index (χ4n) is 3.21. The number of hydrogen-bond acceptors (Lipinski definition) is 2. The minimum atomic E-state index is -0.332. The Morgan fingerprint density at radius 3 is 2.56 bits per heavy atom. The summed E-state index contributed by atoms with van der Waals surface area (Å²) < 4.78 is 0. The molecule has 4 heteroatoms. The molecule has 96 valence electrons. The van der Waals surface area contributed by atoms with Crippen molar-refractivity contribution in [3.8, 4) is 0 Å². The summed E-state index contributed by atoms with van der Waals surface area (Å²) in [7, 11) is 3.97. The summed E-state index contributed by atoms with van der Waals surface area (Å²) in [5.74, 6) is 0.230. The number of benzene rings is 1. The van der Waals surface area contributed by atoms with Crippen molar-refractivity contribution in [1.29, 1.82) is 0 Å². The lowest BCUT2D eigenvalue weighted by Crippen LogP contribution is -2.47. The van der Waals surface area contributed by atoms with Gasteiger partial charge in [-0.3, -0.25) is 4.79 Å². The SMILES string of the molecule is CN1CCC2(CC1)C(=O)N(C)c1ccc(Cl)cc12. The Labute approximate surface area is 112 Å². The first-order chi connectivity index (χ1) is 8.54. The van der Waals surface area contributed by atoms with Crippen LogP contribution in [0, 0.1) is 0 Å². The lowest BCUT2D eigenvalue weighted by Gasteiger charge is -2.36. The fourth-order valence-corrected chi connectivity index (χ4v) is 3.39. The van der Waals surface area contributed by atoms with E-state index >= 15 is 0 Å². The minimum Gasteiger partial charge on any atom is -0.314 e. The molecule has 0 unspecified atom stereocenters. The maximum atomic E-state index is 12.6. The van der Waals surface area contributed by atoms with E-state index < -0.39 is 0 Å². The molecule has 2 heterocycles. The van der Waals surface area contributed by atoms with Gasteiger partial charge in [0.25, 0.3) is 0 Å². The van der Waals surface area contributed by atoms with Crippen LogP contribution >= 0.6 is 11.6 Å². The van der Waals surface area contributed by atoms with Gasteiger partial charge in [-0.2, -0.15) is 0 Å². The second-order valence-corrected chi connectivity index (χ2v) is 5.85. The van der Waals surface area contributed by atoms with Crippen LogP contribution in [0.2, 0.25) is 5.02 Å². The lowest BCUT2D eigenvalue weighted by molar-refractivity contribution is -0.124. The molecule has 0 aromatic heterocycles. The van der Waals surface area contributed by atoms with Crippen molar-refractivity contribution in [3.63, 3.8) is 0 Å². The Hall–Kier alpha value is -1.06. The third-order valence-corrected chi connectivity index (χ3v) is 4.63. The standard InChI is InChI=1S/C14H17ClN2O/c1-16-7-5-14(6-8-16)11-9-10(15)3-4-12(11)17(2)13(14)18/h3-4,9H,5-8H2,1-2H3. The molecule has 1 amide bonds. The van der Waals surface area contributed by atoms with E-state index in [1.165, 1.54) is 0 Å². The van der Waals surface area contributed by atoms with Crippen LogP contribution in [0.1, 0.15) is 18.4 Å². The summed E-state index contributed by atoms with van der Waals surface area (Å²) in [4.78, 5) is 16.7. The Morgan fingerprint density at radius 2 is 1.89 bits per heavy atom. The molecule has 0 bridgehead atoms. The number of piperidine rings is 1. The number of amides is 1. The number of likely N-dealkylation sites (tertiary alicyclic amines) is 1. The molecule has 1 fully saturated rings. The predicted molar refractivity (Wildman–Crippen MR) is 73.3 cm³/mol. The Morgan fingerprint density at radius 1 is 1.22 bits per heavy atom. The van der Waals surface area contributed by atoms with Gasteiger partial charge >= 0.3 is 0 Å². The molecular weight excluding hydrogens is 248 g/mol. The van der Waals surface area contributed by atoms with Gasteiger partial charge in [0.2, 0.25) is 5.91 Å². The highest BCUT2D eigenvalue weighted by Gasteiger charge is 2.50. The molecule has 2 aliphatic rings. The number of likely N-dealkylation sites (N-methyl/N-ethyl adjacent to an activating group) is 1. The maximum absolute atomic E-state index is 12.6. The normalized spacial score (nSPS) is 22.6. The molecule has 0 radical (unpaired) electrons. The predicted octanol–water partition coefficient (Wildman–Crippen LogP) is 2.28. The molecule has 3 rings (SSSR count). The summed E-state index contributed by atoms with van der Waals surface area (Å²) in [6, 6.07) is 5.80. The second-order valence-electron chi connectivity index (χ2n) is 5.41. The van der Waals surface area contributed by atoms with E-state index in [2.05, 4.69) is 11.9 Å². The average molecular weight is 265 g/mol. The van der Waals surface area contributed by atoms with Crippen LogP contribution in [0.4, 0.5) is 5.69 Å². The van der Waals surface area contributed by atoms with Gasteiger partial charge in [-0.05, 0) is 56.7 Å². The van der Waals surface area contributed by atoms with Crippen molar-refractivity contribution < 1.29 is 4.79 Å². The lowest BCUT2D eigenvalue weighted by atomic mass is 9.74. The summed E-state index contributed by atoms with van der Waals surface area (Å²) in [6.45, 7) is 1.93. The van der Waals surface area contributed by atoms with Gasteiger partial charge in [0, 0.05) is 17.8 Å². The Balaban J connectivity index is 2.11. The van der Waals surface area contributed by atoms with Crippen molar-refractivity contribution in [3.05, 3.63) is 28.8 Å². The first-order valence-electron chi connectivity index (χ1n) is 6.31. The fraction of sp³-hybridized carbons (Fsp3) is 0.500. The highest BCUT2D eigenvalue weighted by Crippen LogP contribution is 2.47. The van der Waals surface area contributed by atoms with Gasteiger partial charge in [0.05, 0.1) is 5.41 Å². The molecule has 0 aliphatic carbocycles. The van der Waals surface area contributed by atoms with E-state index in [-0.39, 0.29) is 11.3 Å². The quantitative estimate of drug-likeness (QED) is 0.718. The summed E-state index contributed by atoms with van der Waals surface area (Å²) in [5.41, 5.74) is 1.81. The first kappa shape index (κ1) is 12.0. The number of rotatable bonds is 0. The largest absolute Gasteiger partial charge is 0.314 e. The topological polar surface area (TPSA) is 23.6 Å². The minimum absolute atomic E-state index is 0.230. The van der Waals surface area contributed by atoms with Crippen molar-refractivity contribution in [2.45, 2.75) is 18.3 Å². The number of carbonyl (C=O) groups excluding carboxylic acids is 1. The van der Waals surface area contributed by atoms with E-state index in [1.807, 2.05) is 25.2 Å². The van der Waals surface area contributed by atoms with Gasteiger partial charge in [-0.1, -0.05) is 11.6 Å². The second kappa shape index (κ2) is 3.97. The zero-order chi connectivity index (χ0) is 12.9. The third-order valence-electron chi connectivity index (χ3n) is 4.39. The van der Waals surface area contributed by atoms with Gasteiger partial charge < -0.3 is 9.80 Å². The van der Waals surface area contributed by atoms with Crippen LogP contribution < -0.4 is 4.90 Å². The molecule has 1 aromatic carbocycles. The number of nitrogens with zero attached hydrogens (tertiary/aromatic N) is 2. The monoisotopic (exact) mass is 264 g/mol. The summed E-state index contributed by atoms with van der Waals surface area (Å²) in [6.07, 6.45) is 1.78. The maximum Gasteiger partial charge on any atom is 0.237 e. The van der Waals surface area contributed by atoms with E-state index in [9.17, 15) is 4.79 Å². The first-order valence-corrected chi connectivity index (χ1v) is 6.69. The van der Waals surface area contributed by atoms with Gasteiger partial charge in [-0.25, -0.2) is 0 Å². The number of hydrogen-bond donors (Lipinski definition) is 0. The smallest absolute Gasteiger partial charge is 0.237 e. The molecule has 18 heavy (non-hydrogen) atoms. The molecule has 2 aliphatic heterocycles. The van der Waals surface area contributed by atoms with Crippen molar-refractivity contribution in [1.82, 2.24) is 4.90 Å². The van der Waals surface area contributed by atoms with E-state index in [4.69, 9.17) is 11.6 Å². The number of fused-ring (bicyclic) bond motifs is 2. The molecule has 1 saturated heterocycles. The van der Waals surface area contributed by atoms with Crippen LogP contribution in [0.15, 0.2) is 18.2 Å². The molecular formula is C14H17ClN2O.